The van der Waals surface area contributed by atoms with Crippen molar-refractivity contribution >= 4 is 16.1 Å². The van der Waals surface area contributed by atoms with E-state index in [1.165, 1.54) is 12.1 Å². The van der Waals surface area contributed by atoms with Gasteiger partial charge in [-0.3, -0.25) is 0 Å². The van der Waals surface area contributed by atoms with Gasteiger partial charge in [-0.2, -0.15) is 0 Å². The first-order valence-electron chi connectivity index (χ1n) is 7.98. The third-order valence-corrected chi connectivity index (χ3v) is 4.75. The Kier molecular flexibility index (Phi) is 6.17. The summed E-state index contributed by atoms with van der Waals surface area (Å²) in [4.78, 5) is 12.2. The van der Waals surface area contributed by atoms with Gasteiger partial charge in [0.15, 0.2) is 0 Å². The van der Waals surface area contributed by atoms with Crippen LogP contribution in [0.15, 0.2) is 59.5 Å². The van der Waals surface area contributed by atoms with Gasteiger partial charge in [0.05, 0.1) is 10.9 Å². The zero-order valence-electron chi connectivity index (χ0n) is 14.3. The van der Waals surface area contributed by atoms with Crippen LogP contribution >= 0.6 is 0 Å². The number of amides is 2. The summed E-state index contributed by atoms with van der Waals surface area (Å²) in [6.45, 7) is 4.38. The molecule has 134 valence electrons. The zero-order chi connectivity index (χ0) is 18.4. The first kappa shape index (κ1) is 19.0. The number of rotatable bonds is 6. The van der Waals surface area contributed by atoms with Crippen LogP contribution in [0, 0.1) is 5.92 Å². The Balaban J connectivity index is 1.95. The van der Waals surface area contributed by atoms with Gasteiger partial charge in [-0.25, -0.2) is 18.4 Å². The molecule has 2 amide bonds. The molecular formula is C18H23N3O3S. The number of sulfonamides is 1. The van der Waals surface area contributed by atoms with Gasteiger partial charge in [0.1, 0.15) is 0 Å². The molecule has 0 saturated heterocycles. The van der Waals surface area contributed by atoms with Crippen molar-refractivity contribution in [2.24, 2.45) is 11.1 Å². The Morgan fingerprint density at radius 3 is 2.16 bits per heavy atom. The molecule has 0 heterocycles. The second-order valence-electron chi connectivity index (χ2n) is 6.15. The molecular weight excluding hydrogens is 338 g/mol. The quantitative estimate of drug-likeness (QED) is 0.737. The van der Waals surface area contributed by atoms with Gasteiger partial charge in [-0.1, -0.05) is 56.3 Å². The Labute approximate surface area is 148 Å². The lowest BCUT2D eigenvalue weighted by Gasteiger charge is -2.23. The van der Waals surface area contributed by atoms with Crippen molar-refractivity contribution < 1.29 is 13.2 Å². The number of nitrogens with two attached hydrogens (primary N) is 1. The normalized spacial score (nSPS) is 12.6. The van der Waals surface area contributed by atoms with Gasteiger partial charge in [-0.15, -0.1) is 0 Å². The number of carbonyl (C=O) groups is 1. The summed E-state index contributed by atoms with van der Waals surface area (Å²) in [7, 11) is -3.71. The fourth-order valence-electron chi connectivity index (χ4n) is 2.47. The minimum absolute atomic E-state index is 0.0460. The molecule has 0 aliphatic rings. The first-order valence-corrected chi connectivity index (χ1v) is 9.53. The smallest absolute Gasteiger partial charge is 0.315 e. The highest BCUT2D eigenvalue weighted by Gasteiger charge is 2.17. The van der Waals surface area contributed by atoms with Crippen molar-refractivity contribution in [1.29, 1.82) is 0 Å². The summed E-state index contributed by atoms with van der Waals surface area (Å²) in [6, 6.07) is 15.5. The van der Waals surface area contributed by atoms with Crippen LogP contribution in [-0.4, -0.2) is 14.4 Å². The van der Waals surface area contributed by atoms with Crippen LogP contribution in [0.5, 0.6) is 0 Å². The fraction of sp³-hybridized carbons (Fsp3) is 0.278. The minimum Gasteiger partial charge on any atom is -0.334 e. The van der Waals surface area contributed by atoms with Gasteiger partial charge < -0.3 is 10.6 Å². The van der Waals surface area contributed by atoms with Gasteiger partial charge in [0, 0.05) is 6.54 Å². The van der Waals surface area contributed by atoms with Crippen molar-refractivity contribution in [3.8, 4) is 0 Å². The highest BCUT2D eigenvalue weighted by atomic mass is 32.2. The maximum atomic E-state index is 12.2. The summed E-state index contributed by atoms with van der Waals surface area (Å²) in [5.74, 6) is 0.238. The second kappa shape index (κ2) is 8.13. The summed E-state index contributed by atoms with van der Waals surface area (Å²) in [6.07, 6.45) is 0. The number of benzene rings is 2. The van der Waals surface area contributed by atoms with Crippen molar-refractivity contribution in [1.82, 2.24) is 10.6 Å². The summed E-state index contributed by atoms with van der Waals surface area (Å²) in [5, 5.41) is 10.8. The Hall–Kier alpha value is -2.38. The van der Waals surface area contributed by atoms with E-state index in [0.29, 0.717) is 0 Å². The molecule has 0 bridgehead atoms. The number of primary sulfonamides is 1. The van der Waals surface area contributed by atoms with Crippen LogP contribution in [0.2, 0.25) is 0 Å². The number of urea groups is 1. The Bertz CT molecular complexity index is 803. The van der Waals surface area contributed by atoms with Crippen molar-refractivity contribution in [2.75, 3.05) is 0 Å². The predicted molar refractivity (Wildman–Crippen MR) is 97.2 cm³/mol. The van der Waals surface area contributed by atoms with Crippen molar-refractivity contribution in [3.05, 3.63) is 65.7 Å². The van der Waals surface area contributed by atoms with E-state index in [0.717, 1.165) is 11.1 Å². The molecule has 1 unspecified atom stereocenters. The van der Waals surface area contributed by atoms with Gasteiger partial charge in [0.25, 0.3) is 0 Å². The lowest BCUT2D eigenvalue weighted by Crippen LogP contribution is -2.39. The molecule has 2 aromatic carbocycles. The van der Waals surface area contributed by atoms with E-state index in [1.807, 2.05) is 44.2 Å². The predicted octanol–water partition coefficient (Wildman–Crippen LogP) is 2.53. The topological polar surface area (TPSA) is 101 Å². The lowest BCUT2D eigenvalue weighted by molar-refractivity contribution is 0.232. The van der Waals surface area contributed by atoms with Crippen molar-refractivity contribution in [2.45, 2.75) is 31.3 Å². The standard InChI is InChI=1S/C18H23N3O3S/c1-13(2)17(15-6-4-3-5-7-15)21-18(22)20-12-14-8-10-16(11-9-14)25(19,23)24/h3-11,13,17H,12H2,1-2H3,(H2,19,23,24)(H2,20,21,22). The Morgan fingerprint density at radius 2 is 1.64 bits per heavy atom. The van der Waals surface area contributed by atoms with Crippen LogP contribution in [-0.2, 0) is 16.6 Å². The average molecular weight is 361 g/mol. The number of hydrogen-bond donors (Lipinski definition) is 3. The molecule has 0 fully saturated rings. The van der Waals surface area contributed by atoms with E-state index in [1.54, 1.807) is 12.1 Å². The van der Waals surface area contributed by atoms with Crippen LogP contribution in [0.1, 0.15) is 31.0 Å². The molecule has 4 N–H and O–H groups in total. The molecule has 6 nitrogen and oxygen atoms in total. The van der Waals surface area contributed by atoms with Crippen LogP contribution < -0.4 is 15.8 Å². The minimum atomic E-state index is -3.71. The van der Waals surface area contributed by atoms with E-state index in [4.69, 9.17) is 5.14 Å². The molecule has 1 atom stereocenters. The summed E-state index contributed by atoms with van der Waals surface area (Å²) < 4.78 is 22.5. The summed E-state index contributed by atoms with van der Waals surface area (Å²) in [5.41, 5.74) is 1.83. The van der Waals surface area contributed by atoms with Crippen LogP contribution in [0.3, 0.4) is 0 Å². The molecule has 25 heavy (non-hydrogen) atoms. The number of carbonyl (C=O) groups excluding carboxylic acids is 1. The van der Waals surface area contributed by atoms with Crippen LogP contribution in [0.4, 0.5) is 4.79 Å². The molecule has 7 heteroatoms. The van der Waals surface area contributed by atoms with Gasteiger partial charge in [-0.05, 0) is 29.2 Å². The third kappa shape index (κ3) is 5.58. The molecule has 0 spiro atoms. The van der Waals surface area contributed by atoms with E-state index in [-0.39, 0.29) is 29.4 Å². The maximum Gasteiger partial charge on any atom is 0.315 e. The highest BCUT2D eigenvalue weighted by molar-refractivity contribution is 7.89. The van der Waals surface area contributed by atoms with E-state index >= 15 is 0 Å². The largest absolute Gasteiger partial charge is 0.334 e. The lowest BCUT2D eigenvalue weighted by atomic mass is 9.96. The van der Waals surface area contributed by atoms with Crippen molar-refractivity contribution in [3.63, 3.8) is 0 Å². The van der Waals surface area contributed by atoms with Gasteiger partial charge in [0.2, 0.25) is 10.0 Å². The number of nitrogens with one attached hydrogen (secondary N) is 2. The first-order chi connectivity index (χ1) is 11.8. The number of hydrogen-bond acceptors (Lipinski definition) is 3. The molecule has 0 aromatic heterocycles. The zero-order valence-corrected chi connectivity index (χ0v) is 15.1. The van der Waals surface area contributed by atoms with Gasteiger partial charge >= 0.3 is 6.03 Å². The molecule has 0 aliphatic carbocycles. The maximum absolute atomic E-state index is 12.2. The molecule has 0 saturated carbocycles. The Morgan fingerprint density at radius 1 is 1.04 bits per heavy atom. The second-order valence-corrected chi connectivity index (χ2v) is 7.71. The monoisotopic (exact) mass is 361 g/mol. The van der Waals surface area contributed by atoms with E-state index in [9.17, 15) is 13.2 Å². The molecule has 2 aromatic rings. The average Bonchev–Trinajstić information content (AvgIpc) is 2.58. The SMILES string of the molecule is CC(C)C(NC(=O)NCc1ccc(S(N)(=O)=O)cc1)c1ccccc1. The molecule has 0 aliphatic heterocycles. The highest BCUT2D eigenvalue weighted by Crippen LogP contribution is 2.21. The van der Waals surface area contributed by atoms with E-state index in [2.05, 4.69) is 10.6 Å². The molecule has 2 rings (SSSR count). The fourth-order valence-corrected chi connectivity index (χ4v) is 2.98. The molecule has 0 radical (unpaired) electrons. The third-order valence-electron chi connectivity index (χ3n) is 3.82. The van der Waals surface area contributed by atoms with E-state index < -0.39 is 10.0 Å². The van der Waals surface area contributed by atoms with Crippen LogP contribution in [0.25, 0.3) is 0 Å². The summed E-state index contributed by atoms with van der Waals surface area (Å²) >= 11 is 0.